The molecule has 0 N–H and O–H groups in total. The summed E-state index contributed by atoms with van der Waals surface area (Å²) in [7, 11) is 0. The Balaban J connectivity index is 1.64. The highest BCUT2D eigenvalue weighted by atomic mass is 16.5. The van der Waals surface area contributed by atoms with Crippen LogP contribution in [0.4, 0.5) is 5.69 Å². The van der Waals surface area contributed by atoms with Gasteiger partial charge in [0.25, 0.3) is 0 Å². The highest BCUT2D eigenvalue weighted by Gasteiger charge is 2.33. The maximum atomic E-state index is 13.1. The number of esters is 1. The molecule has 1 aliphatic rings. The summed E-state index contributed by atoms with van der Waals surface area (Å²) in [4.78, 5) is 21.4. The van der Waals surface area contributed by atoms with Crippen LogP contribution in [0.2, 0.25) is 0 Å². The third-order valence-electron chi connectivity index (χ3n) is 6.42. The third kappa shape index (κ3) is 4.49. The second-order valence-electron chi connectivity index (χ2n) is 9.03. The van der Waals surface area contributed by atoms with Crippen LogP contribution >= 0.6 is 0 Å². The van der Waals surface area contributed by atoms with Crippen molar-refractivity contribution >= 4 is 22.7 Å². The molecule has 4 rings (SSSR count). The summed E-state index contributed by atoms with van der Waals surface area (Å²) >= 11 is 0. The van der Waals surface area contributed by atoms with Crippen molar-refractivity contribution in [2.75, 3.05) is 0 Å². The second kappa shape index (κ2) is 8.93. The molecule has 3 aromatic rings. The number of benzene rings is 2. The Morgan fingerprint density at radius 3 is 2.81 bits per heavy atom. The van der Waals surface area contributed by atoms with Crippen molar-refractivity contribution in [2.45, 2.75) is 52.7 Å². The van der Waals surface area contributed by atoms with E-state index in [0.29, 0.717) is 29.3 Å². The number of ether oxygens (including phenoxy) is 1. The van der Waals surface area contributed by atoms with Crippen molar-refractivity contribution in [3.8, 4) is 11.4 Å². The van der Waals surface area contributed by atoms with Gasteiger partial charge in [0.2, 0.25) is 0 Å². The van der Waals surface area contributed by atoms with Crippen LogP contribution < -0.4 is 0 Å². The van der Waals surface area contributed by atoms with Gasteiger partial charge in [0.05, 0.1) is 17.6 Å². The summed E-state index contributed by atoms with van der Waals surface area (Å²) in [5.41, 5.74) is 3.09. The summed E-state index contributed by atoms with van der Waals surface area (Å²) < 4.78 is 7.97. The molecule has 5 nitrogen and oxygen atoms in total. The highest BCUT2D eigenvalue weighted by Crippen LogP contribution is 2.35. The van der Waals surface area contributed by atoms with E-state index in [1.165, 1.54) is 6.42 Å². The Morgan fingerprint density at radius 1 is 1.23 bits per heavy atom. The lowest BCUT2D eigenvalue weighted by Gasteiger charge is -2.36. The van der Waals surface area contributed by atoms with Gasteiger partial charge in [0, 0.05) is 5.56 Å². The van der Waals surface area contributed by atoms with Crippen molar-refractivity contribution in [1.29, 1.82) is 0 Å². The van der Waals surface area contributed by atoms with Crippen LogP contribution in [0, 0.1) is 24.3 Å². The molecular formula is C26H29N3O2. The van der Waals surface area contributed by atoms with Crippen molar-refractivity contribution in [1.82, 2.24) is 9.55 Å². The fraction of sp³-hybridized carbons (Fsp3) is 0.423. The second-order valence-corrected chi connectivity index (χ2v) is 9.03. The normalized spacial score (nSPS) is 21.2. The predicted molar refractivity (Wildman–Crippen MR) is 123 cm³/mol. The number of carbonyl (C=O) groups is 1. The zero-order chi connectivity index (χ0) is 22.0. The maximum Gasteiger partial charge on any atom is 0.326 e. The topological polar surface area (TPSA) is 48.5 Å². The van der Waals surface area contributed by atoms with Crippen LogP contribution in [0.1, 0.15) is 40.0 Å². The summed E-state index contributed by atoms with van der Waals surface area (Å²) in [6.07, 6.45) is 3.21. The molecule has 0 radical (unpaired) electrons. The van der Waals surface area contributed by atoms with Crippen molar-refractivity contribution < 1.29 is 9.53 Å². The Morgan fingerprint density at radius 2 is 2.03 bits per heavy atom. The van der Waals surface area contributed by atoms with Crippen LogP contribution in [0.5, 0.6) is 0 Å². The fourth-order valence-corrected chi connectivity index (χ4v) is 4.76. The number of nitrogens with zero attached hydrogens (tertiary/aromatic N) is 3. The van der Waals surface area contributed by atoms with Gasteiger partial charge in [0.1, 0.15) is 18.5 Å². The fourth-order valence-electron chi connectivity index (χ4n) is 4.76. The molecule has 1 heterocycles. The number of hydrogen-bond donors (Lipinski definition) is 0. The minimum Gasteiger partial charge on any atom is -0.461 e. The van der Waals surface area contributed by atoms with E-state index < -0.39 is 0 Å². The Bertz CT molecular complexity index is 1130. The molecule has 3 atom stereocenters. The summed E-state index contributed by atoms with van der Waals surface area (Å²) in [5.74, 6) is 1.94. The van der Waals surface area contributed by atoms with Crippen molar-refractivity contribution in [3.05, 3.63) is 59.9 Å². The average Bonchev–Trinajstić information content (AvgIpc) is 3.12. The lowest BCUT2D eigenvalue weighted by Crippen LogP contribution is -2.36. The van der Waals surface area contributed by atoms with Crippen LogP contribution in [-0.4, -0.2) is 21.6 Å². The molecule has 1 fully saturated rings. The van der Waals surface area contributed by atoms with Gasteiger partial charge in [-0.3, -0.25) is 4.79 Å². The van der Waals surface area contributed by atoms with E-state index in [1.807, 2.05) is 47.0 Å². The highest BCUT2D eigenvalue weighted by molar-refractivity contribution is 5.83. The van der Waals surface area contributed by atoms with Gasteiger partial charge in [-0.2, -0.15) is 0 Å². The zero-order valence-electron chi connectivity index (χ0n) is 18.4. The number of aromatic nitrogens is 2. The summed E-state index contributed by atoms with van der Waals surface area (Å²) in [5, 5.41) is 0. The van der Waals surface area contributed by atoms with Gasteiger partial charge >= 0.3 is 5.97 Å². The Kier molecular flexibility index (Phi) is 6.08. The number of rotatable bonds is 5. The number of carbonyl (C=O) groups excluding carboxylic acids is 1. The number of hydrogen-bond acceptors (Lipinski definition) is 3. The van der Waals surface area contributed by atoms with Crippen LogP contribution in [0.3, 0.4) is 0 Å². The van der Waals surface area contributed by atoms with E-state index in [2.05, 4.69) is 25.6 Å². The van der Waals surface area contributed by atoms with Gasteiger partial charge in [-0.25, -0.2) is 9.83 Å². The van der Waals surface area contributed by atoms with Crippen LogP contribution in [-0.2, 0) is 16.1 Å². The van der Waals surface area contributed by atoms with E-state index in [0.717, 1.165) is 29.4 Å². The summed E-state index contributed by atoms with van der Waals surface area (Å²) in [6, 6.07) is 15.2. The van der Waals surface area contributed by atoms with E-state index in [4.69, 9.17) is 16.3 Å². The molecule has 0 amide bonds. The molecule has 1 aromatic heterocycles. The van der Waals surface area contributed by atoms with Gasteiger partial charge in [-0.1, -0.05) is 57.5 Å². The average molecular weight is 416 g/mol. The van der Waals surface area contributed by atoms with E-state index in [-0.39, 0.29) is 18.6 Å². The molecule has 0 bridgehead atoms. The van der Waals surface area contributed by atoms with Crippen LogP contribution in [0.15, 0.2) is 48.5 Å². The molecule has 0 aliphatic heterocycles. The minimum atomic E-state index is -0.226. The first-order chi connectivity index (χ1) is 15.0. The lowest BCUT2D eigenvalue weighted by molar-refractivity contribution is -0.156. The molecule has 1 aliphatic carbocycles. The largest absolute Gasteiger partial charge is 0.461 e. The Labute approximate surface area is 183 Å². The monoisotopic (exact) mass is 415 g/mol. The summed E-state index contributed by atoms with van der Waals surface area (Å²) in [6.45, 7) is 14.1. The number of imidazole rings is 1. The first-order valence-electron chi connectivity index (χ1n) is 11.1. The standard InChI is InChI=1S/C26H29N3O2/c1-17(2)21-13-12-18(3)14-24(21)31-25(30)16-29-23-11-6-5-10-22(23)28-26(29)19-8-7-9-20(15-19)27-4/h5-11,15,17-18,21,24H,12-14,16H2,1-3H3/t18-,21+,24?/m1/s1. The molecule has 0 saturated heterocycles. The SMILES string of the molecule is [C-]#[N+]c1cccc(-c2nc3ccccc3n2CC(=O)OC2C[C@H](C)CC[C@H]2C(C)C)c1. The smallest absolute Gasteiger partial charge is 0.326 e. The molecule has 160 valence electrons. The first kappa shape index (κ1) is 21.1. The molecule has 2 aromatic carbocycles. The maximum absolute atomic E-state index is 13.1. The molecular weight excluding hydrogens is 386 g/mol. The van der Waals surface area contributed by atoms with Crippen LogP contribution in [0.25, 0.3) is 27.3 Å². The first-order valence-corrected chi connectivity index (χ1v) is 11.1. The number of para-hydroxylation sites is 2. The van der Waals surface area contributed by atoms with Gasteiger partial charge < -0.3 is 9.30 Å². The molecule has 1 saturated carbocycles. The molecule has 1 unspecified atom stereocenters. The molecule has 5 heteroatoms. The Hall–Kier alpha value is -3.13. The minimum absolute atomic E-state index is 0.0278. The quantitative estimate of drug-likeness (QED) is 0.365. The van der Waals surface area contributed by atoms with Gasteiger partial charge in [-0.15, -0.1) is 0 Å². The number of fused-ring (bicyclic) bond motifs is 1. The van der Waals surface area contributed by atoms with Gasteiger partial charge in [0.15, 0.2) is 5.69 Å². The van der Waals surface area contributed by atoms with E-state index in [1.54, 1.807) is 6.07 Å². The van der Waals surface area contributed by atoms with E-state index >= 15 is 0 Å². The predicted octanol–water partition coefficient (Wildman–Crippen LogP) is 6.26. The molecule has 31 heavy (non-hydrogen) atoms. The van der Waals surface area contributed by atoms with Crippen molar-refractivity contribution in [3.63, 3.8) is 0 Å². The van der Waals surface area contributed by atoms with Gasteiger partial charge in [-0.05, 0) is 48.8 Å². The van der Waals surface area contributed by atoms with Crippen molar-refractivity contribution in [2.24, 2.45) is 17.8 Å². The zero-order valence-corrected chi connectivity index (χ0v) is 18.4. The lowest BCUT2D eigenvalue weighted by atomic mass is 9.75. The third-order valence-corrected chi connectivity index (χ3v) is 6.42. The van der Waals surface area contributed by atoms with E-state index in [9.17, 15) is 4.79 Å². The molecule has 0 spiro atoms.